The number of hydrogen-bond acceptors (Lipinski definition) is 1. The van der Waals surface area contributed by atoms with Crippen LogP contribution >= 0.6 is 0 Å². The molecule has 34 valence electrons. The largest absolute Gasteiger partial charge is 0.386 e. The average Bonchev–Trinajstić information content (AvgIpc) is 1.86. The zero-order valence-corrected chi connectivity index (χ0v) is 3.52. The predicted molar refractivity (Wildman–Crippen MR) is 22.5 cm³/mol. The number of rotatable bonds is 0. The van der Waals surface area contributed by atoms with E-state index in [2.05, 4.69) is 4.99 Å². The van der Waals surface area contributed by atoms with Crippen LogP contribution in [0.15, 0.2) is 0 Å². The van der Waals surface area contributed by atoms with Gasteiger partial charge in [0.15, 0.2) is 6.54 Å². The first-order valence-corrected chi connectivity index (χ1v) is 2.13. The van der Waals surface area contributed by atoms with Crippen LogP contribution in [0.4, 0.5) is 0 Å². The molecule has 0 saturated carbocycles. The Hall–Kier alpha value is -0.370. The Morgan fingerprint density at radius 2 is 2.67 bits per heavy atom. The molecule has 1 rings (SSSR count). The summed E-state index contributed by atoms with van der Waals surface area (Å²) in [5, 5.41) is 8.64. The van der Waals surface area contributed by atoms with E-state index >= 15 is 0 Å². The maximum atomic E-state index is 8.64. The maximum Gasteiger partial charge on any atom is 0.166 e. The molecule has 2 heteroatoms. The van der Waals surface area contributed by atoms with Gasteiger partial charge in [-0.2, -0.15) is 0 Å². The number of aliphatic hydroxyl groups is 1. The van der Waals surface area contributed by atoms with Crippen molar-refractivity contribution in [1.29, 1.82) is 0 Å². The van der Waals surface area contributed by atoms with Crippen molar-refractivity contribution >= 4 is 6.21 Å². The first-order valence-electron chi connectivity index (χ1n) is 2.13. The first kappa shape index (κ1) is 3.81. The molecule has 0 aromatic rings. The van der Waals surface area contributed by atoms with Crippen LogP contribution in [0.2, 0.25) is 0 Å². The molecule has 1 atom stereocenters. The molecular weight excluding hydrogens is 78.0 g/mol. The normalized spacial score (nSPS) is 31.8. The summed E-state index contributed by atoms with van der Waals surface area (Å²) in [4.78, 5) is 2.90. The van der Waals surface area contributed by atoms with E-state index in [0.29, 0.717) is 0 Å². The Morgan fingerprint density at radius 1 is 1.83 bits per heavy atom. The van der Waals surface area contributed by atoms with Gasteiger partial charge in [0, 0.05) is 0 Å². The van der Waals surface area contributed by atoms with Crippen LogP contribution in [0.1, 0.15) is 6.42 Å². The Bertz CT molecular complexity index is 61.9. The summed E-state index contributed by atoms with van der Waals surface area (Å²) in [7, 11) is 0. The molecule has 0 aromatic carbocycles. The van der Waals surface area contributed by atoms with Gasteiger partial charge in [-0.3, -0.25) is 0 Å². The monoisotopic (exact) mass is 86.1 g/mol. The van der Waals surface area contributed by atoms with E-state index in [4.69, 9.17) is 5.11 Å². The highest BCUT2D eigenvalue weighted by molar-refractivity contribution is 5.52. The SMILES string of the molecule is OC1CC=[NH+]C1. The molecule has 0 amide bonds. The van der Waals surface area contributed by atoms with E-state index in [1.54, 1.807) is 0 Å². The molecule has 6 heavy (non-hydrogen) atoms. The molecule has 0 fully saturated rings. The third-order valence-electron chi connectivity index (χ3n) is 0.888. The van der Waals surface area contributed by atoms with Gasteiger partial charge in [0.25, 0.3) is 0 Å². The van der Waals surface area contributed by atoms with Crippen LogP contribution in [-0.2, 0) is 0 Å². The minimum Gasteiger partial charge on any atom is -0.386 e. The Labute approximate surface area is 36.5 Å². The van der Waals surface area contributed by atoms with Crippen molar-refractivity contribution in [2.24, 2.45) is 0 Å². The fourth-order valence-corrected chi connectivity index (χ4v) is 0.522. The topological polar surface area (TPSA) is 34.2 Å². The molecule has 1 heterocycles. The van der Waals surface area contributed by atoms with Crippen LogP contribution in [0.5, 0.6) is 0 Å². The van der Waals surface area contributed by atoms with Gasteiger partial charge >= 0.3 is 0 Å². The van der Waals surface area contributed by atoms with Gasteiger partial charge in [-0.1, -0.05) is 0 Å². The van der Waals surface area contributed by atoms with Crippen molar-refractivity contribution in [3.63, 3.8) is 0 Å². The molecule has 2 nitrogen and oxygen atoms in total. The Balaban J connectivity index is 2.32. The Kier molecular flexibility index (Phi) is 0.881. The fraction of sp³-hybridized carbons (Fsp3) is 0.750. The smallest absolute Gasteiger partial charge is 0.166 e. The molecular formula is C4H8NO+. The summed E-state index contributed by atoms with van der Waals surface area (Å²) in [6.07, 6.45) is 2.56. The molecule has 0 radical (unpaired) electrons. The molecule has 0 spiro atoms. The second kappa shape index (κ2) is 1.39. The van der Waals surface area contributed by atoms with Crippen LogP contribution < -0.4 is 4.99 Å². The minimum atomic E-state index is -0.120. The quantitative estimate of drug-likeness (QED) is 0.348. The molecule has 0 bridgehead atoms. The van der Waals surface area contributed by atoms with Crippen LogP contribution in [0.25, 0.3) is 0 Å². The second-order valence-corrected chi connectivity index (χ2v) is 1.50. The van der Waals surface area contributed by atoms with Gasteiger partial charge in [-0.05, 0) is 0 Å². The highest BCUT2D eigenvalue weighted by Gasteiger charge is 2.09. The molecule has 1 aliphatic rings. The van der Waals surface area contributed by atoms with Crippen molar-refractivity contribution in [3.8, 4) is 0 Å². The van der Waals surface area contributed by atoms with Gasteiger partial charge < -0.3 is 5.11 Å². The lowest BCUT2D eigenvalue weighted by molar-refractivity contribution is -0.450. The van der Waals surface area contributed by atoms with Crippen molar-refractivity contribution in [3.05, 3.63) is 0 Å². The average molecular weight is 86.1 g/mol. The molecule has 1 aliphatic heterocycles. The predicted octanol–water partition coefficient (Wildman–Crippen LogP) is -2.10. The van der Waals surface area contributed by atoms with Gasteiger partial charge in [0.2, 0.25) is 0 Å². The number of hydrogen-bond donors (Lipinski definition) is 2. The summed E-state index contributed by atoms with van der Waals surface area (Å²) in [5.41, 5.74) is 0. The zero-order valence-electron chi connectivity index (χ0n) is 3.52. The minimum absolute atomic E-state index is 0.120. The summed E-state index contributed by atoms with van der Waals surface area (Å²) in [6, 6.07) is 0. The second-order valence-electron chi connectivity index (χ2n) is 1.50. The first-order chi connectivity index (χ1) is 2.89. The lowest BCUT2D eigenvalue weighted by Crippen LogP contribution is -2.67. The third-order valence-corrected chi connectivity index (χ3v) is 0.888. The maximum absolute atomic E-state index is 8.64. The third kappa shape index (κ3) is 0.571. The fourth-order valence-electron chi connectivity index (χ4n) is 0.522. The van der Waals surface area contributed by atoms with Gasteiger partial charge in [-0.15, -0.1) is 0 Å². The van der Waals surface area contributed by atoms with Crippen molar-refractivity contribution in [2.45, 2.75) is 12.5 Å². The van der Waals surface area contributed by atoms with E-state index in [1.165, 1.54) is 0 Å². The van der Waals surface area contributed by atoms with Crippen molar-refractivity contribution in [2.75, 3.05) is 6.54 Å². The molecule has 0 saturated heterocycles. The zero-order chi connectivity index (χ0) is 4.41. The van der Waals surface area contributed by atoms with Crippen LogP contribution in [0, 0.1) is 0 Å². The van der Waals surface area contributed by atoms with E-state index in [1.807, 2.05) is 6.21 Å². The summed E-state index contributed by atoms with van der Waals surface area (Å²) < 4.78 is 0. The molecule has 2 N–H and O–H groups in total. The lowest BCUT2D eigenvalue weighted by Gasteiger charge is -1.85. The number of β-amino-alcohol motifs (C(OH)–C–C–N with tert-alkyl or cyclic N) is 1. The standard InChI is InChI=1S/C4H7NO/c6-4-1-2-5-3-4/h2,4,6H,1,3H2/p+1. The molecule has 0 aromatic heterocycles. The summed E-state index contributed by atoms with van der Waals surface area (Å²) in [5.74, 6) is 0. The lowest BCUT2D eigenvalue weighted by atomic mass is 10.3. The molecule has 0 aliphatic carbocycles. The van der Waals surface area contributed by atoms with Crippen LogP contribution in [0.3, 0.4) is 0 Å². The highest BCUT2D eigenvalue weighted by Crippen LogP contribution is 1.82. The molecule has 1 unspecified atom stereocenters. The number of nitrogens with one attached hydrogen (secondary N) is 1. The van der Waals surface area contributed by atoms with Crippen molar-refractivity contribution in [1.82, 2.24) is 0 Å². The highest BCUT2D eigenvalue weighted by atomic mass is 16.3. The summed E-state index contributed by atoms with van der Waals surface area (Å²) >= 11 is 0. The van der Waals surface area contributed by atoms with Gasteiger partial charge in [-0.25, -0.2) is 4.99 Å². The van der Waals surface area contributed by atoms with Crippen molar-refractivity contribution < 1.29 is 10.1 Å². The van der Waals surface area contributed by atoms with E-state index in [-0.39, 0.29) is 6.10 Å². The number of aliphatic hydroxyl groups excluding tert-OH is 1. The van der Waals surface area contributed by atoms with Gasteiger partial charge in [0.05, 0.1) is 6.42 Å². The van der Waals surface area contributed by atoms with E-state index in [0.717, 1.165) is 13.0 Å². The Morgan fingerprint density at radius 3 is 2.83 bits per heavy atom. The van der Waals surface area contributed by atoms with E-state index in [9.17, 15) is 0 Å². The summed E-state index contributed by atoms with van der Waals surface area (Å²) in [6.45, 7) is 0.736. The van der Waals surface area contributed by atoms with E-state index < -0.39 is 0 Å². The van der Waals surface area contributed by atoms with Gasteiger partial charge in [0.1, 0.15) is 12.3 Å². The van der Waals surface area contributed by atoms with Crippen LogP contribution in [-0.4, -0.2) is 24.0 Å².